The lowest BCUT2D eigenvalue weighted by molar-refractivity contribution is 0.402. The summed E-state index contributed by atoms with van der Waals surface area (Å²) in [6.07, 6.45) is 7.03. The van der Waals surface area contributed by atoms with Crippen molar-refractivity contribution in [1.82, 2.24) is 15.3 Å². The third kappa shape index (κ3) is 3.16. The summed E-state index contributed by atoms with van der Waals surface area (Å²) in [6.45, 7) is 7.42. The minimum Gasteiger partial charge on any atom is -0.469 e. The topological polar surface area (TPSA) is 51.0 Å². The fourth-order valence-corrected chi connectivity index (χ4v) is 2.91. The molecule has 3 rings (SSSR count). The Bertz CT molecular complexity index is 618. The van der Waals surface area contributed by atoms with Crippen LogP contribution in [0.5, 0.6) is 0 Å². The first-order valence-electron chi connectivity index (χ1n) is 7.76. The number of nitrogens with zero attached hydrogens (tertiary/aromatic N) is 2. The first-order chi connectivity index (χ1) is 10.1. The maximum Gasteiger partial charge on any atom is 0.162 e. The molecule has 0 fully saturated rings. The van der Waals surface area contributed by atoms with Gasteiger partial charge in [-0.15, -0.1) is 0 Å². The van der Waals surface area contributed by atoms with Crippen LogP contribution in [0.15, 0.2) is 22.9 Å². The summed E-state index contributed by atoms with van der Waals surface area (Å²) in [5, 5.41) is 3.53. The van der Waals surface area contributed by atoms with E-state index in [2.05, 4.69) is 24.1 Å². The molecule has 1 N–H and O–H groups in total. The Balaban J connectivity index is 1.75. The number of hydrogen-bond donors (Lipinski definition) is 1. The molecule has 0 amide bonds. The Kier molecular flexibility index (Phi) is 4.06. The van der Waals surface area contributed by atoms with Gasteiger partial charge in [0.25, 0.3) is 0 Å². The van der Waals surface area contributed by atoms with Crippen molar-refractivity contribution in [2.24, 2.45) is 5.92 Å². The molecule has 1 aliphatic carbocycles. The van der Waals surface area contributed by atoms with Gasteiger partial charge in [-0.3, -0.25) is 0 Å². The van der Waals surface area contributed by atoms with Crippen molar-refractivity contribution in [2.45, 2.75) is 46.1 Å². The third-order valence-corrected chi connectivity index (χ3v) is 4.17. The van der Waals surface area contributed by atoms with Gasteiger partial charge in [-0.05, 0) is 50.3 Å². The van der Waals surface area contributed by atoms with Crippen LogP contribution in [0.3, 0.4) is 0 Å². The molecule has 1 unspecified atom stereocenters. The van der Waals surface area contributed by atoms with Gasteiger partial charge in [0, 0.05) is 17.9 Å². The lowest BCUT2D eigenvalue weighted by atomic mass is 9.87. The molecule has 0 aliphatic heterocycles. The van der Waals surface area contributed by atoms with Gasteiger partial charge < -0.3 is 9.73 Å². The van der Waals surface area contributed by atoms with Crippen LogP contribution < -0.4 is 5.32 Å². The number of fused-ring (bicyclic) bond motifs is 1. The summed E-state index contributed by atoms with van der Waals surface area (Å²) in [5.74, 6) is 2.37. The zero-order valence-electron chi connectivity index (χ0n) is 13.0. The number of aryl methyl sites for hydroxylation is 2. The molecule has 4 heteroatoms. The molecular formula is C17H23N3O. The van der Waals surface area contributed by atoms with Crippen LogP contribution in [0.4, 0.5) is 0 Å². The first-order valence-corrected chi connectivity index (χ1v) is 7.76. The van der Waals surface area contributed by atoms with Crippen LogP contribution in [0.2, 0.25) is 0 Å². The van der Waals surface area contributed by atoms with Crippen molar-refractivity contribution in [3.05, 3.63) is 35.5 Å². The third-order valence-electron chi connectivity index (χ3n) is 4.17. The van der Waals surface area contributed by atoms with Crippen molar-refractivity contribution < 1.29 is 4.42 Å². The summed E-state index contributed by atoms with van der Waals surface area (Å²) in [4.78, 5) is 9.29. The van der Waals surface area contributed by atoms with Gasteiger partial charge in [0.2, 0.25) is 0 Å². The van der Waals surface area contributed by atoms with Crippen LogP contribution in [0.1, 0.15) is 37.3 Å². The molecule has 0 spiro atoms. The molecule has 112 valence electrons. The summed E-state index contributed by atoms with van der Waals surface area (Å²) < 4.78 is 5.35. The van der Waals surface area contributed by atoms with E-state index in [1.165, 1.54) is 17.7 Å². The van der Waals surface area contributed by atoms with E-state index in [0.717, 1.165) is 36.5 Å². The van der Waals surface area contributed by atoms with Gasteiger partial charge in [0.15, 0.2) is 5.82 Å². The smallest absolute Gasteiger partial charge is 0.162 e. The van der Waals surface area contributed by atoms with E-state index in [1.807, 2.05) is 19.2 Å². The van der Waals surface area contributed by atoms with Crippen LogP contribution in [-0.4, -0.2) is 22.6 Å². The van der Waals surface area contributed by atoms with Crippen molar-refractivity contribution in [1.29, 1.82) is 0 Å². The number of furan rings is 1. The van der Waals surface area contributed by atoms with E-state index in [-0.39, 0.29) is 0 Å². The molecule has 0 aromatic carbocycles. The average molecular weight is 285 g/mol. The highest BCUT2D eigenvalue weighted by Crippen LogP contribution is 2.27. The Morgan fingerprint density at radius 3 is 3.00 bits per heavy atom. The maximum atomic E-state index is 5.35. The van der Waals surface area contributed by atoms with E-state index in [9.17, 15) is 0 Å². The van der Waals surface area contributed by atoms with Crippen LogP contribution in [-0.2, 0) is 12.8 Å². The Morgan fingerprint density at radius 2 is 2.29 bits per heavy atom. The Labute approximate surface area is 126 Å². The lowest BCUT2D eigenvalue weighted by Crippen LogP contribution is -2.32. The summed E-state index contributed by atoms with van der Waals surface area (Å²) in [7, 11) is 0. The van der Waals surface area contributed by atoms with Gasteiger partial charge in [-0.1, -0.05) is 13.8 Å². The lowest BCUT2D eigenvalue weighted by Gasteiger charge is -2.25. The number of aromatic nitrogens is 2. The Morgan fingerprint density at radius 1 is 1.43 bits per heavy atom. The second-order valence-corrected chi connectivity index (χ2v) is 6.23. The predicted molar refractivity (Wildman–Crippen MR) is 83.1 cm³/mol. The zero-order chi connectivity index (χ0) is 14.8. The number of hydrogen-bond acceptors (Lipinski definition) is 4. The quantitative estimate of drug-likeness (QED) is 0.937. The van der Waals surface area contributed by atoms with E-state index < -0.39 is 0 Å². The second kappa shape index (κ2) is 5.98. The summed E-state index contributed by atoms with van der Waals surface area (Å²) in [6, 6.07) is 2.49. The molecule has 0 bridgehead atoms. The van der Waals surface area contributed by atoms with Gasteiger partial charge in [0.1, 0.15) is 5.76 Å². The minimum absolute atomic E-state index is 0.550. The fourth-order valence-electron chi connectivity index (χ4n) is 2.91. The van der Waals surface area contributed by atoms with E-state index in [0.29, 0.717) is 12.0 Å². The van der Waals surface area contributed by atoms with Crippen LogP contribution in [0, 0.1) is 12.8 Å². The molecule has 1 atom stereocenters. The van der Waals surface area contributed by atoms with Crippen molar-refractivity contribution >= 4 is 0 Å². The van der Waals surface area contributed by atoms with Crippen molar-refractivity contribution in [3.63, 3.8) is 0 Å². The Hall–Kier alpha value is -1.68. The molecule has 4 nitrogen and oxygen atoms in total. The van der Waals surface area contributed by atoms with E-state index >= 15 is 0 Å². The van der Waals surface area contributed by atoms with Gasteiger partial charge in [0.05, 0.1) is 11.8 Å². The standard InChI is InChI=1S/C17H23N3O/c1-11(2)18-9-13-4-5-16-14(8-13)10-19-17(20-16)15-6-7-21-12(15)3/h6-7,10-11,13,18H,4-5,8-9H2,1-3H3. The molecule has 21 heavy (non-hydrogen) atoms. The largest absolute Gasteiger partial charge is 0.469 e. The normalized spacial score (nSPS) is 18.0. The van der Waals surface area contributed by atoms with Gasteiger partial charge in [-0.2, -0.15) is 0 Å². The molecule has 0 saturated carbocycles. The molecule has 2 aromatic rings. The van der Waals surface area contributed by atoms with Crippen molar-refractivity contribution in [2.75, 3.05) is 6.54 Å². The van der Waals surface area contributed by atoms with Gasteiger partial charge in [-0.25, -0.2) is 9.97 Å². The van der Waals surface area contributed by atoms with Gasteiger partial charge >= 0.3 is 0 Å². The second-order valence-electron chi connectivity index (χ2n) is 6.23. The minimum atomic E-state index is 0.550. The maximum absolute atomic E-state index is 5.35. The fraction of sp³-hybridized carbons (Fsp3) is 0.529. The molecule has 2 heterocycles. The van der Waals surface area contributed by atoms with Crippen LogP contribution in [0.25, 0.3) is 11.4 Å². The highest BCUT2D eigenvalue weighted by Gasteiger charge is 2.21. The van der Waals surface area contributed by atoms with Crippen molar-refractivity contribution in [3.8, 4) is 11.4 Å². The molecule has 0 saturated heterocycles. The van der Waals surface area contributed by atoms with E-state index in [1.54, 1.807) is 6.26 Å². The highest BCUT2D eigenvalue weighted by atomic mass is 16.3. The molecule has 2 aromatic heterocycles. The van der Waals surface area contributed by atoms with Crippen LogP contribution >= 0.6 is 0 Å². The zero-order valence-corrected chi connectivity index (χ0v) is 13.0. The van der Waals surface area contributed by atoms with E-state index in [4.69, 9.17) is 9.40 Å². The molecule has 1 aliphatic rings. The first kappa shape index (κ1) is 14.3. The summed E-state index contributed by atoms with van der Waals surface area (Å²) in [5.41, 5.74) is 3.52. The number of nitrogens with one attached hydrogen (secondary N) is 1. The average Bonchev–Trinajstić information content (AvgIpc) is 2.90. The molecular weight excluding hydrogens is 262 g/mol. The highest BCUT2D eigenvalue weighted by molar-refractivity contribution is 5.57. The SMILES string of the molecule is Cc1occc1-c1ncc2c(n1)CCC(CNC(C)C)C2. The predicted octanol–water partition coefficient (Wildman–Crippen LogP) is 3.15. The number of rotatable bonds is 4. The monoisotopic (exact) mass is 285 g/mol. The molecule has 0 radical (unpaired) electrons. The summed E-state index contributed by atoms with van der Waals surface area (Å²) >= 11 is 0.